The Morgan fingerprint density at radius 2 is 1.64 bits per heavy atom. The zero-order valence-electron chi connectivity index (χ0n) is 20.5. The number of aromatic nitrogens is 1. The minimum absolute atomic E-state index is 0.445. The number of carbonyl (C=O) groups excluding carboxylic acids is 2. The molecule has 4 rings (SSSR count). The van der Waals surface area contributed by atoms with E-state index in [4.69, 9.17) is 4.74 Å². The van der Waals surface area contributed by atoms with Crippen LogP contribution >= 0.6 is 0 Å². The van der Waals surface area contributed by atoms with Gasteiger partial charge in [-0.1, -0.05) is 42.5 Å². The highest BCUT2D eigenvalue weighted by molar-refractivity contribution is 6.39. The summed E-state index contributed by atoms with van der Waals surface area (Å²) in [7, 11) is 0. The lowest BCUT2D eigenvalue weighted by molar-refractivity contribution is -0.136. The van der Waals surface area contributed by atoms with Gasteiger partial charge in [0.25, 0.3) is 0 Å². The number of ether oxygens (including phenoxy) is 1. The Bertz CT molecular complexity index is 1390. The van der Waals surface area contributed by atoms with E-state index >= 15 is 0 Å². The minimum atomic E-state index is -0.858. The van der Waals surface area contributed by atoms with Gasteiger partial charge in [-0.05, 0) is 74.4 Å². The molecule has 0 spiro atoms. The molecule has 0 radical (unpaired) electrons. The Hall–Kier alpha value is -4.65. The molecule has 0 fully saturated rings. The zero-order chi connectivity index (χ0) is 25.5. The predicted molar refractivity (Wildman–Crippen MR) is 142 cm³/mol. The number of rotatable bonds is 7. The van der Waals surface area contributed by atoms with E-state index in [0.717, 1.165) is 28.2 Å². The van der Waals surface area contributed by atoms with E-state index in [9.17, 15) is 9.59 Å². The summed E-state index contributed by atoms with van der Waals surface area (Å²) < 4.78 is 7.86. The average Bonchev–Trinajstić information content (AvgIpc) is 3.16. The minimum Gasteiger partial charge on any atom is -0.489 e. The lowest BCUT2D eigenvalue weighted by Gasteiger charge is -2.10. The molecule has 0 saturated carbocycles. The monoisotopic (exact) mass is 480 g/mol. The second-order valence-corrected chi connectivity index (χ2v) is 8.45. The van der Waals surface area contributed by atoms with Crippen LogP contribution in [0.15, 0.2) is 90.0 Å². The van der Waals surface area contributed by atoms with Crippen LogP contribution in [0.2, 0.25) is 0 Å². The highest BCUT2D eigenvalue weighted by Crippen LogP contribution is 2.20. The fourth-order valence-electron chi connectivity index (χ4n) is 3.86. The Kier molecular flexibility index (Phi) is 7.60. The lowest BCUT2D eigenvalue weighted by atomic mass is 10.2. The molecule has 1 heterocycles. The maximum Gasteiger partial charge on any atom is 0.329 e. The fourth-order valence-corrected chi connectivity index (χ4v) is 3.86. The molecule has 0 bridgehead atoms. The first-order valence-electron chi connectivity index (χ1n) is 11.6. The third-order valence-electron chi connectivity index (χ3n) is 5.67. The largest absolute Gasteiger partial charge is 0.489 e. The van der Waals surface area contributed by atoms with Crippen LogP contribution in [-0.2, 0) is 16.2 Å². The Labute approximate surface area is 210 Å². The molecule has 0 aliphatic rings. The number of nitrogens with zero attached hydrogens (tertiary/aromatic N) is 2. The van der Waals surface area contributed by atoms with Gasteiger partial charge in [-0.25, -0.2) is 5.43 Å². The molecule has 3 aromatic carbocycles. The Balaban J connectivity index is 1.31. The van der Waals surface area contributed by atoms with Gasteiger partial charge in [0.05, 0.1) is 6.21 Å². The van der Waals surface area contributed by atoms with Gasteiger partial charge in [0.2, 0.25) is 0 Å². The van der Waals surface area contributed by atoms with Gasteiger partial charge >= 0.3 is 11.8 Å². The summed E-state index contributed by atoms with van der Waals surface area (Å²) in [6.45, 7) is 6.49. The quantitative estimate of drug-likeness (QED) is 0.220. The first kappa shape index (κ1) is 24.5. The predicted octanol–water partition coefficient (Wildman–Crippen LogP) is 5.07. The first-order valence-corrected chi connectivity index (χ1v) is 11.6. The molecule has 0 unspecified atom stereocenters. The third-order valence-corrected chi connectivity index (χ3v) is 5.67. The van der Waals surface area contributed by atoms with E-state index in [-0.39, 0.29) is 0 Å². The van der Waals surface area contributed by atoms with Crippen LogP contribution in [0, 0.1) is 20.8 Å². The number of carbonyl (C=O) groups is 2. The van der Waals surface area contributed by atoms with Crippen molar-refractivity contribution in [2.24, 2.45) is 5.10 Å². The van der Waals surface area contributed by atoms with Crippen LogP contribution in [0.5, 0.6) is 5.75 Å². The number of hydrazone groups is 1. The van der Waals surface area contributed by atoms with Crippen LogP contribution in [-0.4, -0.2) is 22.6 Å². The molecule has 7 nitrogen and oxygen atoms in total. The molecule has 7 heteroatoms. The van der Waals surface area contributed by atoms with Crippen molar-refractivity contribution >= 4 is 23.7 Å². The van der Waals surface area contributed by atoms with Gasteiger partial charge in [-0.3, -0.25) is 9.59 Å². The molecule has 36 heavy (non-hydrogen) atoms. The van der Waals surface area contributed by atoms with Gasteiger partial charge < -0.3 is 14.6 Å². The van der Waals surface area contributed by atoms with Crippen molar-refractivity contribution in [3.8, 4) is 11.4 Å². The molecule has 0 aliphatic heterocycles. The smallest absolute Gasteiger partial charge is 0.329 e. The number of hydrogen-bond donors (Lipinski definition) is 2. The number of hydrogen-bond acceptors (Lipinski definition) is 4. The van der Waals surface area contributed by atoms with Crippen molar-refractivity contribution in [2.45, 2.75) is 27.4 Å². The van der Waals surface area contributed by atoms with Crippen molar-refractivity contribution in [1.29, 1.82) is 0 Å². The van der Waals surface area contributed by atoms with Crippen LogP contribution in [0.4, 0.5) is 5.69 Å². The van der Waals surface area contributed by atoms with Crippen molar-refractivity contribution in [2.75, 3.05) is 5.32 Å². The summed E-state index contributed by atoms with van der Waals surface area (Å²) in [5.74, 6) is -1.01. The normalized spacial score (nSPS) is 10.9. The fraction of sp³-hybridized carbons (Fsp3) is 0.138. The van der Waals surface area contributed by atoms with Crippen molar-refractivity contribution in [3.63, 3.8) is 0 Å². The molecule has 4 aromatic rings. The summed E-state index contributed by atoms with van der Waals surface area (Å²) in [5.41, 5.74) is 8.93. The summed E-state index contributed by atoms with van der Waals surface area (Å²) in [4.78, 5) is 24.5. The van der Waals surface area contributed by atoms with Crippen LogP contribution in [0.3, 0.4) is 0 Å². The molecule has 2 N–H and O–H groups in total. The van der Waals surface area contributed by atoms with E-state index in [2.05, 4.69) is 39.5 Å². The van der Waals surface area contributed by atoms with E-state index in [1.165, 1.54) is 5.56 Å². The molecule has 0 saturated heterocycles. The zero-order valence-corrected chi connectivity index (χ0v) is 20.5. The maximum absolute atomic E-state index is 12.3. The standard InChI is InChI=1S/C29H28N4O3/c1-20-8-7-11-26(16-20)33-21(2)17-24(22(33)3)18-30-32-29(35)28(34)31-25-12-14-27(15-13-25)36-19-23-9-5-4-6-10-23/h4-18H,19H2,1-3H3,(H,31,34)(H,32,35)/b30-18-. The average molecular weight is 481 g/mol. The second-order valence-electron chi connectivity index (χ2n) is 8.45. The van der Waals surface area contributed by atoms with E-state index < -0.39 is 11.8 Å². The highest BCUT2D eigenvalue weighted by Gasteiger charge is 2.14. The number of nitrogens with one attached hydrogen (secondary N) is 2. The Morgan fingerprint density at radius 3 is 2.36 bits per heavy atom. The number of anilines is 1. The summed E-state index contributed by atoms with van der Waals surface area (Å²) in [6.07, 6.45) is 1.54. The van der Waals surface area contributed by atoms with E-state index in [1.54, 1.807) is 30.5 Å². The summed E-state index contributed by atoms with van der Waals surface area (Å²) in [5, 5.41) is 6.54. The second kappa shape index (κ2) is 11.2. The number of benzene rings is 3. The van der Waals surface area contributed by atoms with Gasteiger partial charge in [0.15, 0.2) is 0 Å². The molecular weight excluding hydrogens is 452 g/mol. The van der Waals surface area contributed by atoms with Crippen LogP contribution in [0.1, 0.15) is 28.1 Å². The summed E-state index contributed by atoms with van der Waals surface area (Å²) >= 11 is 0. The van der Waals surface area contributed by atoms with Crippen LogP contribution < -0.4 is 15.5 Å². The maximum atomic E-state index is 12.3. The molecule has 0 atom stereocenters. The number of amides is 2. The highest BCUT2D eigenvalue weighted by atomic mass is 16.5. The molecule has 0 aliphatic carbocycles. The SMILES string of the molecule is Cc1cccc(-n2c(C)cc(/C=N\NC(=O)C(=O)Nc3ccc(OCc4ccccc4)cc3)c2C)c1. The van der Waals surface area contributed by atoms with Gasteiger partial charge in [-0.2, -0.15) is 5.10 Å². The first-order chi connectivity index (χ1) is 17.4. The third kappa shape index (κ3) is 6.07. The molecule has 182 valence electrons. The van der Waals surface area contributed by atoms with Crippen molar-refractivity contribution in [1.82, 2.24) is 9.99 Å². The van der Waals surface area contributed by atoms with Gasteiger partial charge in [-0.15, -0.1) is 0 Å². The molecule has 1 aromatic heterocycles. The van der Waals surface area contributed by atoms with Crippen molar-refractivity contribution in [3.05, 3.63) is 113 Å². The lowest BCUT2D eigenvalue weighted by Crippen LogP contribution is -2.32. The topological polar surface area (TPSA) is 84.7 Å². The van der Waals surface area contributed by atoms with Crippen molar-refractivity contribution < 1.29 is 14.3 Å². The van der Waals surface area contributed by atoms with E-state index in [0.29, 0.717) is 18.0 Å². The Morgan fingerprint density at radius 1 is 0.889 bits per heavy atom. The number of aryl methyl sites for hydroxylation is 2. The molecule has 2 amide bonds. The molecular formula is C29H28N4O3. The van der Waals surface area contributed by atoms with E-state index in [1.807, 2.05) is 62.4 Å². The van der Waals surface area contributed by atoms with Crippen LogP contribution in [0.25, 0.3) is 5.69 Å². The summed E-state index contributed by atoms with van der Waals surface area (Å²) in [6, 6.07) is 26.8. The van der Waals surface area contributed by atoms with Gasteiger partial charge in [0, 0.05) is 28.3 Å². The van der Waals surface area contributed by atoms with Gasteiger partial charge in [0.1, 0.15) is 12.4 Å².